The smallest absolute Gasteiger partial charge is 0.207 e. The van der Waals surface area contributed by atoms with Crippen molar-refractivity contribution in [2.24, 2.45) is 0 Å². The van der Waals surface area contributed by atoms with Crippen molar-refractivity contribution >= 4 is 18.0 Å². The van der Waals surface area contributed by atoms with Gasteiger partial charge in [-0.1, -0.05) is 11.6 Å². The molecular formula is C13H16ClNO2. The van der Waals surface area contributed by atoms with Crippen LogP contribution < -0.4 is 10.1 Å². The van der Waals surface area contributed by atoms with E-state index in [1.807, 2.05) is 32.9 Å². The summed E-state index contributed by atoms with van der Waals surface area (Å²) >= 11 is 6.11. The molecule has 0 saturated heterocycles. The Balaban J connectivity index is 2.48. The van der Waals surface area contributed by atoms with Crippen molar-refractivity contribution in [2.75, 3.05) is 0 Å². The number of aryl methyl sites for hydroxylation is 1. The summed E-state index contributed by atoms with van der Waals surface area (Å²) in [5.41, 5.74) is 1.65. The molecule has 1 atom stereocenters. The SMILES string of the molecule is Cc1cc2c(cc1Cl)[C@@H](NC=O)CC(C)(C)O2. The maximum atomic E-state index is 10.7. The molecular weight excluding hydrogens is 238 g/mol. The molecule has 0 unspecified atom stereocenters. The molecule has 0 saturated carbocycles. The lowest BCUT2D eigenvalue weighted by atomic mass is 9.89. The highest BCUT2D eigenvalue weighted by molar-refractivity contribution is 6.31. The third-order valence-corrected chi connectivity index (χ3v) is 3.42. The second-order valence-electron chi connectivity index (χ2n) is 5.04. The number of ether oxygens (including phenoxy) is 1. The number of halogens is 1. The molecule has 0 aliphatic carbocycles. The molecule has 0 radical (unpaired) electrons. The van der Waals surface area contributed by atoms with Crippen molar-refractivity contribution in [1.82, 2.24) is 5.32 Å². The van der Waals surface area contributed by atoms with Gasteiger partial charge in [-0.05, 0) is 38.5 Å². The Morgan fingerprint density at radius 3 is 2.88 bits per heavy atom. The van der Waals surface area contributed by atoms with Crippen LogP contribution in [-0.4, -0.2) is 12.0 Å². The van der Waals surface area contributed by atoms with Crippen LogP contribution in [-0.2, 0) is 4.79 Å². The van der Waals surface area contributed by atoms with Gasteiger partial charge in [0, 0.05) is 17.0 Å². The van der Waals surface area contributed by atoms with E-state index in [2.05, 4.69) is 5.32 Å². The first-order chi connectivity index (χ1) is 7.93. The van der Waals surface area contributed by atoms with E-state index in [9.17, 15) is 4.79 Å². The minimum absolute atomic E-state index is 0.0376. The van der Waals surface area contributed by atoms with E-state index in [1.165, 1.54) is 0 Å². The standard InChI is InChI=1S/C13H16ClNO2/c1-8-4-12-9(5-10(8)14)11(15-7-16)6-13(2,3)17-12/h4-5,7,11H,6H2,1-3H3,(H,15,16)/t11-/m0/s1. The minimum atomic E-state index is -0.284. The molecule has 3 nitrogen and oxygen atoms in total. The number of hydrogen-bond donors (Lipinski definition) is 1. The van der Waals surface area contributed by atoms with E-state index < -0.39 is 0 Å². The molecule has 1 aromatic carbocycles. The zero-order valence-corrected chi connectivity index (χ0v) is 11.0. The average Bonchev–Trinajstić information content (AvgIpc) is 2.20. The number of benzene rings is 1. The quantitative estimate of drug-likeness (QED) is 0.823. The molecule has 0 fully saturated rings. The van der Waals surface area contributed by atoms with Gasteiger partial charge in [-0.3, -0.25) is 4.79 Å². The van der Waals surface area contributed by atoms with E-state index in [1.54, 1.807) is 0 Å². The number of hydrogen-bond acceptors (Lipinski definition) is 2. The molecule has 1 N–H and O–H groups in total. The second kappa shape index (κ2) is 4.22. The first-order valence-electron chi connectivity index (χ1n) is 5.62. The zero-order chi connectivity index (χ0) is 12.6. The summed E-state index contributed by atoms with van der Waals surface area (Å²) in [6, 6.07) is 3.77. The first kappa shape index (κ1) is 12.2. The van der Waals surface area contributed by atoms with Crippen molar-refractivity contribution in [3.63, 3.8) is 0 Å². The molecule has 2 rings (SSSR count). The van der Waals surface area contributed by atoms with Crippen LogP contribution in [0.5, 0.6) is 5.75 Å². The van der Waals surface area contributed by atoms with Crippen LogP contribution in [0.1, 0.15) is 37.4 Å². The average molecular weight is 254 g/mol. The number of rotatable bonds is 2. The Labute approximate surface area is 106 Å². The number of amides is 1. The number of carbonyl (C=O) groups excluding carboxylic acids is 1. The molecule has 0 spiro atoms. The lowest BCUT2D eigenvalue weighted by molar-refractivity contribution is -0.110. The molecule has 4 heteroatoms. The van der Waals surface area contributed by atoms with E-state index >= 15 is 0 Å². The maximum Gasteiger partial charge on any atom is 0.207 e. The van der Waals surface area contributed by atoms with Crippen LogP contribution in [0.3, 0.4) is 0 Å². The monoisotopic (exact) mass is 253 g/mol. The Morgan fingerprint density at radius 1 is 1.53 bits per heavy atom. The van der Waals surface area contributed by atoms with Gasteiger partial charge in [-0.15, -0.1) is 0 Å². The molecule has 1 aliphatic heterocycles. The summed E-state index contributed by atoms with van der Waals surface area (Å²) in [7, 11) is 0. The Kier molecular flexibility index (Phi) is 3.04. The largest absolute Gasteiger partial charge is 0.487 e. The normalized spacial score (nSPS) is 21.3. The Bertz CT molecular complexity index is 457. The van der Waals surface area contributed by atoms with Crippen LogP contribution in [0, 0.1) is 6.92 Å². The van der Waals surface area contributed by atoms with Crippen molar-refractivity contribution in [3.05, 3.63) is 28.3 Å². The van der Waals surface area contributed by atoms with Gasteiger partial charge in [0.1, 0.15) is 11.4 Å². The fourth-order valence-corrected chi connectivity index (χ4v) is 2.37. The first-order valence-corrected chi connectivity index (χ1v) is 5.99. The van der Waals surface area contributed by atoms with Crippen molar-refractivity contribution in [2.45, 2.75) is 38.8 Å². The topological polar surface area (TPSA) is 38.3 Å². The van der Waals surface area contributed by atoms with Gasteiger partial charge in [0.05, 0.1) is 6.04 Å². The lowest BCUT2D eigenvalue weighted by Gasteiger charge is -2.37. The predicted octanol–water partition coefficient (Wildman–Crippen LogP) is 3.00. The fourth-order valence-electron chi connectivity index (χ4n) is 2.20. The third kappa shape index (κ3) is 2.39. The van der Waals surface area contributed by atoms with Gasteiger partial charge < -0.3 is 10.1 Å². The van der Waals surface area contributed by atoms with Gasteiger partial charge in [-0.2, -0.15) is 0 Å². The fraction of sp³-hybridized carbons (Fsp3) is 0.462. The van der Waals surface area contributed by atoms with E-state index in [-0.39, 0.29) is 11.6 Å². The van der Waals surface area contributed by atoms with Crippen LogP contribution in [0.2, 0.25) is 5.02 Å². The minimum Gasteiger partial charge on any atom is -0.487 e. The summed E-state index contributed by atoms with van der Waals surface area (Å²) in [6.07, 6.45) is 1.46. The third-order valence-electron chi connectivity index (χ3n) is 3.02. The van der Waals surface area contributed by atoms with Crippen LogP contribution >= 0.6 is 11.6 Å². The summed E-state index contributed by atoms with van der Waals surface area (Å²) in [5, 5.41) is 3.52. The second-order valence-corrected chi connectivity index (χ2v) is 5.45. The van der Waals surface area contributed by atoms with Crippen LogP contribution in [0.25, 0.3) is 0 Å². The molecule has 0 aromatic heterocycles. The molecule has 1 aliphatic rings. The van der Waals surface area contributed by atoms with Gasteiger partial charge in [-0.25, -0.2) is 0 Å². The lowest BCUT2D eigenvalue weighted by Crippen LogP contribution is -2.39. The summed E-state index contributed by atoms with van der Waals surface area (Å²) < 4.78 is 5.92. The summed E-state index contributed by atoms with van der Waals surface area (Å²) in [4.78, 5) is 10.7. The van der Waals surface area contributed by atoms with E-state index in [0.717, 1.165) is 29.7 Å². The highest BCUT2D eigenvalue weighted by Gasteiger charge is 2.33. The number of carbonyl (C=O) groups is 1. The number of fused-ring (bicyclic) bond motifs is 1. The molecule has 1 heterocycles. The van der Waals surface area contributed by atoms with Crippen molar-refractivity contribution in [1.29, 1.82) is 0 Å². The Hall–Kier alpha value is -1.22. The maximum absolute atomic E-state index is 10.7. The molecule has 0 bridgehead atoms. The van der Waals surface area contributed by atoms with Crippen LogP contribution in [0.15, 0.2) is 12.1 Å². The molecule has 92 valence electrons. The highest BCUT2D eigenvalue weighted by atomic mass is 35.5. The highest BCUT2D eigenvalue weighted by Crippen LogP contribution is 2.41. The Morgan fingerprint density at radius 2 is 2.24 bits per heavy atom. The molecule has 1 amide bonds. The van der Waals surface area contributed by atoms with Gasteiger partial charge in [0.25, 0.3) is 0 Å². The van der Waals surface area contributed by atoms with E-state index in [0.29, 0.717) is 5.02 Å². The zero-order valence-electron chi connectivity index (χ0n) is 10.2. The van der Waals surface area contributed by atoms with E-state index in [4.69, 9.17) is 16.3 Å². The van der Waals surface area contributed by atoms with Gasteiger partial charge in [0.15, 0.2) is 0 Å². The predicted molar refractivity (Wildman–Crippen MR) is 67.5 cm³/mol. The van der Waals surface area contributed by atoms with Crippen LogP contribution in [0.4, 0.5) is 0 Å². The summed E-state index contributed by atoms with van der Waals surface area (Å²) in [5.74, 6) is 0.808. The molecule has 1 aromatic rings. The van der Waals surface area contributed by atoms with Crippen molar-refractivity contribution < 1.29 is 9.53 Å². The van der Waals surface area contributed by atoms with Gasteiger partial charge in [0.2, 0.25) is 6.41 Å². The van der Waals surface area contributed by atoms with Gasteiger partial charge >= 0.3 is 0 Å². The molecule has 17 heavy (non-hydrogen) atoms. The summed E-state index contributed by atoms with van der Waals surface area (Å²) in [6.45, 7) is 5.97. The number of nitrogens with one attached hydrogen (secondary N) is 1. The van der Waals surface area contributed by atoms with Crippen molar-refractivity contribution in [3.8, 4) is 5.75 Å².